The molecule has 4 rings (SSSR count). The Balaban J connectivity index is 1.52. The Morgan fingerprint density at radius 2 is 1.90 bits per heavy atom. The fourth-order valence-corrected chi connectivity index (χ4v) is 3.92. The Hall–Kier alpha value is -2.99. The van der Waals surface area contributed by atoms with Gasteiger partial charge in [-0.1, -0.05) is 24.3 Å². The highest BCUT2D eigenvalue weighted by atomic mass is 16.5. The Morgan fingerprint density at radius 1 is 1.14 bits per heavy atom. The number of aryl methyl sites for hydroxylation is 1. The smallest absolute Gasteiger partial charge is 0.261 e. The SMILES string of the molecule is Cc1ccccc1CN(C)C(=O)c1ccc2c(c1)C(=O)N(C[C@@H]1CCCO1)C2=O. The lowest BCUT2D eigenvalue weighted by Crippen LogP contribution is -2.36. The van der Waals surface area contributed by atoms with E-state index >= 15 is 0 Å². The predicted octanol–water partition coefficient (Wildman–Crippen LogP) is 3.04. The van der Waals surface area contributed by atoms with Crippen LogP contribution in [0, 0.1) is 6.92 Å². The molecular formula is C23H24N2O4. The van der Waals surface area contributed by atoms with Crippen molar-refractivity contribution in [3.63, 3.8) is 0 Å². The Kier molecular flexibility index (Phi) is 5.20. The molecular weight excluding hydrogens is 368 g/mol. The fraction of sp³-hybridized carbons (Fsp3) is 0.348. The molecule has 3 amide bonds. The van der Waals surface area contributed by atoms with Crippen LogP contribution in [0.15, 0.2) is 42.5 Å². The van der Waals surface area contributed by atoms with Gasteiger partial charge >= 0.3 is 0 Å². The van der Waals surface area contributed by atoms with Crippen molar-refractivity contribution in [1.29, 1.82) is 0 Å². The molecule has 1 fully saturated rings. The molecule has 2 aliphatic rings. The van der Waals surface area contributed by atoms with Crippen molar-refractivity contribution in [3.05, 3.63) is 70.3 Å². The van der Waals surface area contributed by atoms with E-state index in [1.54, 1.807) is 30.1 Å². The van der Waals surface area contributed by atoms with Crippen LogP contribution in [0.1, 0.15) is 55.0 Å². The number of fused-ring (bicyclic) bond motifs is 1. The number of carbonyl (C=O) groups is 3. The number of hydrogen-bond donors (Lipinski definition) is 0. The molecule has 0 radical (unpaired) electrons. The summed E-state index contributed by atoms with van der Waals surface area (Å²) in [7, 11) is 1.73. The monoisotopic (exact) mass is 392 g/mol. The van der Waals surface area contributed by atoms with E-state index in [1.807, 2.05) is 31.2 Å². The summed E-state index contributed by atoms with van der Waals surface area (Å²) in [5, 5.41) is 0. The van der Waals surface area contributed by atoms with E-state index in [1.165, 1.54) is 4.90 Å². The zero-order valence-corrected chi connectivity index (χ0v) is 16.7. The highest BCUT2D eigenvalue weighted by Gasteiger charge is 2.38. The van der Waals surface area contributed by atoms with Gasteiger partial charge in [-0.2, -0.15) is 0 Å². The van der Waals surface area contributed by atoms with Crippen LogP contribution in [0.5, 0.6) is 0 Å². The topological polar surface area (TPSA) is 66.9 Å². The van der Waals surface area contributed by atoms with Gasteiger partial charge in [0, 0.05) is 25.8 Å². The van der Waals surface area contributed by atoms with Crippen molar-refractivity contribution < 1.29 is 19.1 Å². The quantitative estimate of drug-likeness (QED) is 0.734. The average molecular weight is 392 g/mol. The van der Waals surface area contributed by atoms with Gasteiger partial charge < -0.3 is 9.64 Å². The number of hydrogen-bond acceptors (Lipinski definition) is 4. The number of imide groups is 1. The second-order valence-electron chi connectivity index (χ2n) is 7.70. The lowest BCUT2D eigenvalue weighted by molar-refractivity contribution is 0.0475. The van der Waals surface area contributed by atoms with Crippen LogP contribution < -0.4 is 0 Å². The van der Waals surface area contributed by atoms with Gasteiger partial charge in [-0.3, -0.25) is 19.3 Å². The maximum atomic E-state index is 12.9. The second-order valence-corrected chi connectivity index (χ2v) is 7.70. The predicted molar refractivity (Wildman–Crippen MR) is 108 cm³/mol. The lowest BCUT2D eigenvalue weighted by atomic mass is 10.0. The largest absolute Gasteiger partial charge is 0.376 e. The minimum Gasteiger partial charge on any atom is -0.376 e. The normalized spacial score (nSPS) is 18.3. The maximum Gasteiger partial charge on any atom is 0.261 e. The number of ether oxygens (including phenoxy) is 1. The Bertz CT molecular complexity index is 979. The third-order valence-corrected chi connectivity index (χ3v) is 5.64. The molecule has 2 aliphatic heterocycles. The van der Waals surface area contributed by atoms with E-state index in [4.69, 9.17) is 4.74 Å². The van der Waals surface area contributed by atoms with Crippen LogP contribution in [0.4, 0.5) is 0 Å². The third kappa shape index (κ3) is 3.68. The van der Waals surface area contributed by atoms with E-state index in [0.717, 1.165) is 24.0 Å². The first-order chi connectivity index (χ1) is 14.0. The van der Waals surface area contributed by atoms with Gasteiger partial charge in [0.25, 0.3) is 17.7 Å². The molecule has 2 aromatic rings. The summed E-state index contributed by atoms with van der Waals surface area (Å²) >= 11 is 0. The number of rotatable bonds is 5. The first-order valence-electron chi connectivity index (χ1n) is 9.87. The highest BCUT2D eigenvalue weighted by Crippen LogP contribution is 2.26. The molecule has 0 unspecified atom stereocenters. The van der Waals surface area contributed by atoms with E-state index in [9.17, 15) is 14.4 Å². The van der Waals surface area contributed by atoms with Crippen molar-refractivity contribution in [1.82, 2.24) is 9.80 Å². The number of nitrogens with zero attached hydrogens (tertiary/aromatic N) is 2. The molecule has 0 aromatic heterocycles. The van der Waals surface area contributed by atoms with Crippen LogP contribution in [0.25, 0.3) is 0 Å². The minimum atomic E-state index is -0.350. The van der Waals surface area contributed by atoms with Gasteiger partial charge in [0.1, 0.15) is 0 Å². The van der Waals surface area contributed by atoms with Crippen LogP contribution >= 0.6 is 0 Å². The molecule has 0 bridgehead atoms. The van der Waals surface area contributed by atoms with Gasteiger partial charge in [-0.25, -0.2) is 0 Å². The molecule has 29 heavy (non-hydrogen) atoms. The second kappa shape index (κ2) is 7.79. The summed E-state index contributed by atoms with van der Waals surface area (Å²) < 4.78 is 5.56. The van der Waals surface area contributed by atoms with Crippen LogP contribution in [-0.4, -0.2) is 53.8 Å². The van der Waals surface area contributed by atoms with E-state index in [2.05, 4.69) is 0 Å². The molecule has 2 aromatic carbocycles. The van der Waals surface area contributed by atoms with Gasteiger partial charge in [-0.15, -0.1) is 0 Å². The summed E-state index contributed by atoms with van der Waals surface area (Å²) in [5.41, 5.74) is 3.24. The number of carbonyl (C=O) groups excluding carboxylic acids is 3. The van der Waals surface area contributed by atoms with E-state index < -0.39 is 0 Å². The van der Waals surface area contributed by atoms with E-state index in [0.29, 0.717) is 29.8 Å². The summed E-state index contributed by atoms with van der Waals surface area (Å²) in [6.07, 6.45) is 1.69. The molecule has 6 nitrogen and oxygen atoms in total. The highest BCUT2D eigenvalue weighted by molar-refractivity contribution is 6.22. The fourth-order valence-electron chi connectivity index (χ4n) is 3.92. The Labute approximate surface area is 170 Å². The molecule has 1 atom stereocenters. The van der Waals surface area contributed by atoms with Gasteiger partial charge in [-0.05, 0) is 49.1 Å². The van der Waals surface area contributed by atoms with Crippen molar-refractivity contribution in [2.45, 2.75) is 32.4 Å². The minimum absolute atomic E-state index is 0.0986. The summed E-state index contributed by atoms with van der Waals surface area (Å²) in [6, 6.07) is 12.7. The van der Waals surface area contributed by atoms with Crippen molar-refractivity contribution in [2.75, 3.05) is 20.2 Å². The molecule has 2 heterocycles. The van der Waals surface area contributed by atoms with Crippen molar-refractivity contribution in [3.8, 4) is 0 Å². The molecule has 1 saturated heterocycles. The number of amides is 3. The van der Waals surface area contributed by atoms with Crippen LogP contribution in [0.3, 0.4) is 0 Å². The standard InChI is InChI=1S/C23H24N2O4/c1-15-6-3-4-7-17(15)13-24(2)21(26)16-9-10-19-20(12-16)23(28)25(22(19)27)14-18-8-5-11-29-18/h3-4,6-7,9-10,12,18H,5,8,11,13-14H2,1-2H3/t18-/m0/s1. The van der Waals surface area contributed by atoms with E-state index in [-0.39, 0.29) is 30.4 Å². The molecule has 0 saturated carbocycles. The zero-order chi connectivity index (χ0) is 20.5. The van der Waals surface area contributed by atoms with Crippen molar-refractivity contribution >= 4 is 17.7 Å². The molecule has 0 N–H and O–H groups in total. The number of benzene rings is 2. The molecule has 0 spiro atoms. The van der Waals surface area contributed by atoms with Crippen molar-refractivity contribution in [2.24, 2.45) is 0 Å². The summed E-state index contributed by atoms with van der Waals surface area (Å²) in [4.78, 5) is 41.2. The maximum absolute atomic E-state index is 12.9. The first-order valence-corrected chi connectivity index (χ1v) is 9.87. The van der Waals surface area contributed by atoms with Crippen LogP contribution in [0.2, 0.25) is 0 Å². The summed E-state index contributed by atoms with van der Waals surface area (Å²) in [6.45, 7) is 3.42. The molecule has 0 aliphatic carbocycles. The van der Waals surface area contributed by atoms with Gasteiger partial charge in [0.05, 0.1) is 23.8 Å². The van der Waals surface area contributed by atoms with Gasteiger partial charge in [0.15, 0.2) is 0 Å². The Morgan fingerprint density at radius 3 is 2.62 bits per heavy atom. The van der Waals surface area contributed by atoms with Gasteiger partial charge in [0.2, 0.25) is 0 Å². The lowest BCUT2D eigenvalue weighted by Gasteiger charge is -2.19. The summed E-state index contributed by atoms with van der Waals surface area (Å²) in [5.74, 6) is -0.849. The molecule has 150 valence electrons. The zero-order valence-electron chi connectivity index (χ0n) is 16.7. The molecule has 6 heteroatoms. The first kappa shape index (κ1) is 19.3. The average Bonchev–Trinajstić information content (AvgIpc) is 3.32. The van der Waals surface area contributed by atoms with Crippen LogP contribution in [-0.2, 0) is 11.3 Å². The third-order valence-electron chi connectivity index (χ3n) is 5.64.